The van der Waals surface area contributed by atoms with Crippen LogP contribution in [0.4, 0.5) is 0 Å². The summed E-state index contributed by atoms with van der Waals surface area (Å²) in [7, 11) is 1.78. The topological polar surface area (TPSA) is 42.0 Å². The van der Waals surface area contributed by atoms with Crippen LogP contribution in [0.25, 0.3) is 0 Å². The molecule has 0 aliphatic heterocycles. The number of hydrogen-bond donors (Lipinski definition) is 1. The summed E-state index contributed by atoms with van der Waals surface area (Å²) in [5, 5.41) is 2.91. The third-order valence-electron chi connectivity index (χ3n) is 1.74. The lowest BCUT2D eigenvalue weighted by Gasteiger charge is -2.07. The number of rotatable bonds is 4. The largest absolute Gasteiger partial charge is 0.311 e. The molecule has 0 saturated carbocycles. The molecular formula is C11H18N2O. The van der Waals surface area contributed by atoms with Gasteiger partial charge in [0.2, 0.25) is 0 Å². The van der Waals surface area contributed by atoms with E-state index in [1.165, 1.54) is 0 Å². The van der Waals surface area contributed by atoms with Crippen molar-refractivity contribution in [1.82, 2.24) is 10.3 Å². The average molecular weight is 194 g/mol. The number of likely N-dealkylation sites (N-methyl/N-ethyl adjacent to an activating group) is 1. The molecule has 3 heteroatoms. The van der Waals surface area contributed by atoms with E-state index in [1.54, 1.807) is 19.4 Å². The monoisotopic (exact) mass is 194 g/mol. The minimum Gasteiger partial charge on any atom is -0.311 e. The molecule has 0 aromatic carbocycles. The molecule has 0 spiro atoms. The highest BCUT2D eigenvalue weighted by Gasteiger charge is 2.03. The molecule has 0 amide bonds. The highest BCUT2D eigenvalue weighted by Crippen LogP contribution is 1.99. The average Bonchev–Trinajstić information content (AvgIpc) is 2.30. The van der Waals surface area contributed by atoms with Crippen LogP contribution >= 0.6 is 0 Å². The second-order valence-electron chi connectivity index (χ2n) is 2.59. The Kier molecular flexibility index (Phi) is 7.65. The van der Waals surface area contributed by atoms with Crippen LogP contribution in [-0.4, -0.2) is 24.4 Å². The highest BCUT2D eigenvalue weighted by molar-refractivity contribution is 5.58. The van der Waals surface area contributed by atoms with Gasteiger partial charge in [-0.2, -0.15) is 0 Å². The number of carbonyl (C=O) groups excluding carboxylic acids is 1. The molecule has 1 N–H and O–H groups in total. The van der Waals surface area contributed by atoms with E-state index in [9.17, 15) is 4.79 Å². The Morgan fingerprint density at radius 1 is 1.43 bits per heavy atom. The molecule has 0 radical (unpaired) electrons. The zero-order chi connectivity index (χ0) is 10.8. The Morgan fingerprint density at radius 3 is 2.43 bits per heavy atom. The Hall–Kier alpha value is -1.22. The first-order chi connectivity index (χ1) is 6.86. The molecule has 1 rings (SSSR count). The Bertz CT molecular complexity index is 236. The summed E-state index contributed by atoms with van der Waals surface area (Å²) in [5.74, 6) is 0. The van der Waals surface area contributed by atoms with Crippen LogP contribution in [-0.2, 0) is 11.2 Å². The molecule has 78 valence electrons. The lowest BCUT2D eigenvalue weighted by atomic mass is 10.1. The summed E-state index contributed by atoms with van der Waals surface area (Å²) < 4.78 is 0. The van der Waals surface area contributed by atoms with Crippen molar-refractivity contribution >= 4 is 6.29 Å². The molecule has 1 aromatic heterocycles. The molecule has 1 atom stereocenters. The van der Waals surface area contributed by atoms with Gasteiger partial charge >= 0.3 is 0 Å². The van der Waals surface area contributed by atoms with Crippen molar-refractivity contribution in [3.8, 4) is 0 Å². The number of pyridine rings is 1. The van der Waals surface area contributed by atoms with Crippen LogP contribution in [0.5, 0.6) is 0 Å². The maximum atomic E-state index is 10.5. The highest BCUT2D eigenvalue weighted by atomic mass is 16.1. The molecule has 0 aliphatic rings. The predicted octanol–water partition coefficient (Wildman–Crippen LogP) is 1.44. The van der Waals surface area contributed by atoms with E-state index in [1.807, 2.05) is 26.0 Å². The van der Waals surface area contributed by atoms with Crippen molar-refractivity contribution in [2.24, 2.45) is 0 Å². The Balaban J connectivity index is 0.000000791. The molecule has 0 aliphatic carbocycles. The van der Waals surface area contributed by atoms with Crippen molar-refractivity contribution in [1.29, 1.82) is 0 Å². The quantitative estimate of drug-likeness (QED) is 0.737. The van der Waals surface area contributed by atoms with Gasteiger partial charge in [0.05, 0.1) is 6.04 Å². The molecule has 1 unspecified atom stereocenters. The van der Waals surface area contributed by atoms with Gasteiger partial charge in [0.15, 0.2) is 0 Å². The van der Waals surface area contributed by atoms with Crippen molar-refractivity contribution in [2.45, 2.75) is 26.3 Å². The lowest BCUT2D eigenvalue weighted by molar-refractivity contribution is -0.109. The third-order valence-corrected chi connectivity index (χ3v) is 1.74. The van der Waals surface area contributed by atoms with Crippen LogP contribution in [0.3, 0.4) is 0 Å². The molecule has 0 bridgehead atoms. The first-order valence-corrected chi connectivity index (χ1v) is 4.88. The van der Waals surface area contributed by atoms with Crippen molar-refractivity contribution in [3.63, 3.8) is 0 Å². The number of nitrogens with one attached hydrogen (secondary N) is 1. The first-order valence-electron chi connectivity index (χ1n) is 4.88. The standard InChI is InChI=1S/C9H12N2O.C2H6/c1-10-9(7-12)6-8-2-4-11-5-3-8;1-2/h2-5,7,9-10H,6H2,1H3;1-2H3. The predicted molar refractivity (Wildman–Crippen MR) is 58.2 cm³/mol. The summed E-state index contributed by atoms with van der Waals surface area (Å²) >= 11 is 0. The van der Waals surface area contributed by atoms with Crippen LogP contribution < -0.4 is 5.32 Å². The molecule has 3 nitrogen and oxygen atoms in total. The van der Waals surface area contributed by atoms with E-state index in [-0.39, 0.29) is 6.04 Å². The Labute approximate surface area is 85.6 Å². The van der Waals surface area contributed by atoms with Gasteiger partial charge in [-0.1, -0.05) is 13.8 Å². The maximum Gasteiger partial charge on any atom is 0.137 e. The van der Waals surface area contributed by atoms with Gasteiger partial charge in [0, 0.05) is 12.4 Å². The van der Waals surface area contributed by atoms with Gasteiger partial charge in [-0.05, 0) is 31.2 Å². The van der Waals surface area contributed by atoms with Gasteiger partial charge < -0.3 is 10.1 Å². The summed E-state index contributed by atoms with van der Waals surface area (Å²) in [5.41, 5.74) is 1.12. The number of carbonyl (C=O) groups is 1. The van der Waals surface area contributed by atoms with Crippen LogP contribution in [0.15, 0.2) is 24.5 Å². The van der Waals surface area contributed by atoms with E-state index in [0.717, 1.165) is 18.3 Å². The smallest absolute Gasteiger partial charge is 0.137 e. The van der Waals surface area contributed by atoms with Crippen molar-refractivity contribution < 1.29 is 4.79 Å². The minimum absolute atomic E-state index is 0.0904. The second kappa shape index (κ2) is 8.38. The van der Waals surface area contributed by atoms with Crippen LogP contribution in [0.1, 0.15) is 19.4 Å². The van der Waals surface area contributed by atoms with Gasteiger partial charge in [0.1, 0.15) is 6.29 Å². The molecule has 14 heavy (non-hydrogen) atoms. The third kappa shape index (κ3) is 4.72. The number of aldehydes is 1. The number of nitrogens with zero attached hydrogens (tertiary/aromatic N) is 1. The second-order valence-corrected chi connectivity index (χ2v) is 2.59. The summed E-state index contributed by atoms with van der Waals surface area (Å²) in [6.07, 6.45) is 5.10. The summed E-state index contributed by atoms with van der Waals surface area (Å²) in [4.78, 5) is 14.4. The first kappa shape index (κ1) is 12.8. The molecule has 1 heterocycles. The molecule has 1 aromatic rings. The van der Waals surface area contributed by atoms with E-state index in [0.29, 0.717) is 0 Å². The Morgan fingerprint density at radius 2 is 2.00 bits per heavy atom. The zero-order valence-electron chi connectivity index (χ0n) is 9.03. The van der Waals surface area contributed by atoms with Crippen LogP contribution in [0, 0.1) is 0 Å². The fourth-order valence-electron chi connectivity index (χ4n) is 0.991. The van der Waals surface area contributed by atoms with Gasteiger partial charge in [-0.15, -0.1) is 0 Å². The summed E-state index contributed by atoms with van der Waals surface area (Å²) in [6, 6.07) is 3.73. The minimum atomic E-state index is -0.0904. The van der Waals surface area contributed by atoms with Gasteiger partial charge in [0.25, 0.3) is 0 Å². The lowest BCUT2D eigenvalue weighted by Crippen LogP contribution is -2.28. The molecule has 0 fully saturated rings. The van der Waals surface area contributed by atoms with Crippen LogP contribution in [0.2, 0.25) is 0 Å². The van der Waals surface area contributed by atoms with E-state index < -0.39 is 0 Å². The zero-order valence-corrected chi connectivity index (χ0v) is 9.03. The molecular weight excluding hydrogens is 176 g/mol. The number of aromatic nitrogens is 1. The number of hydrogen-bond acceptors (Lipinski definition) is 3. The fraction of sp³-hybridized carbons (Fsp3) is 0.455. The van der Waals surface area contributed by atoms with Crippen molar-refractivity contribution in [2.75, 3.05) is 7.05 Å². The van der Waals surface area contributed by atoms with E-state index in [4.69, 9.17) is 0 Å². The normalized spacial score (nSPS) is 11.1. The fourth-order valence-corrected chi connectivity index (χ4v) is 0.991. The maximum absolute atomic E-state index is 10.5. The summed E-state index contributed by atoms with van der Waals surface area (Å²) in [6.45, 7) is 4.00. The SMILES string of the molecule is CC.CNC(C=O)Cc1ccncc1. The van der Waals surface area contributed by atoms with Gasteiger partial charge in [-0.25, -0.2) is 0 Å². The van der Waals surface area contributed by atoms with Crippen molar-refractivity contribution in [3.05, 3.63) is 30.1 Å². The van der Waals surface area contributed by atoms with E-state index in [2.05, 4.69) is 10.3 Å². The molecule has 0 saturated heterocycles. The van der Waals surface area contributed by atoms with E-state index >= 15 is 0 Å². The van der Waals surface area contributed by atoms with Gasteiger partial charge in [-0.3, -0.25) is 4.98 Å².